The highest BCUT2D eigenvalue weighted by atomic mass is 32.2. The minimum atomic E-state index is -0.338. The van der Waals surface area contributed by atoms with E-state index in [0.717, 1.165) is 16.8 Å². The van der Waals surface area contributed by atoms with Crippen LogP contribution in [-0.4, -0.2) is 21.4 Å². The largest absolute Gasteiger partial charge is 0.330 e. The van der Waals surface area contributed by atoms with Gasteiger partial charge < -0.3 is 10.6 Å². The number of carbonyl (C=O) groups is 1. The second-order valence-electron chi connectivity index (χ2n) is 6.53. The molecule has 0 aliphatic rings. The monoisotopic (exact) mass is 416 g/mol. The number of benzene rings is 2. The molecule has 2 aromatic carbocycles. The van der Waals surface area contributed by atoms with Crippen molar-refractivity contribution in [3.63, 3.8) is 0 Å². The van der Waals surface area contributed by atoms with Crippen LogP contribution in [0.15, 0.2) is 40.7 Å². The Bertz CT molecular complexity index is 982. The zero-order chi connectivity index (χ0) is 20.3. The van der Waals surface area contributed by atoms with Crippen molar-refractivity contribution in [2.75, 3.05) is 10.6 Å². The number of nitrogens with zero attached hydrogens (tertiary/aromatic N) is 2. The number of halogens is 1. The summed E-state index contributed by atoms with van der Waals surface area (Å²) in [7, 11) is 0. The summed E-state index contributed by atoms with van der Waals surface area (Å²) in [4.78, 5) is 12.6. The van der Waals surface area contributed by atoms with Crippen molar-refractivity contribution in [1.29, 1.82) is 0 Å². The minimum absolute atomic E-state index is 0.0881. The average Bonchev–Trinajstić information content (AvgIpc) is 3.04. The lowest BCUT2D eigenvalue weighted by Gasteiger charge is -2.15. The van der Waals surface area contributed by atoms with Gasteiger partial charge in [-0.3, -0.25) is 4.79 Å². The fraction of sp³-hybridized carbons (Fsp3) is 0.250. The number of nitrogens with one attached hydrogen (secondary N) is 2. The van der Waals surface area contributed by atoms with E-state index in [-0.39, 0.29) is 17.0 Å². The molecule has 0 spiro atoms. The highest BCUT2D eigenvalue weighted by Crippen LogP contribution is 2.31. The van der Waals surface area contributed by atoms with Gasteiger partial charge in [-0.05, 0) is 57.0 Å². The van der Waals surface area contributed by atoms with Crippen molar-refractivity contribution < 1.29 is 9.18 Å². The lowest BCUT2D eigenvalue weighted by atomic mass is 10.1. The number of aryl methyl sites for hydroxylation is 3. The molecule has 0 radical (unpaired) electrons. The predicted molar refractivity (Wildman–Crippen MR) is 114 cm³/mol. The molecule has 8 heteroatoms. The standard InChI is InChI=1S/C20H21FN4OS2/c1-11-8-12(2)17(13(3)9-11)23-18(26)14(4)27-20-25-24-19(28-20)22-16-7-5-6-15(21)10-16/h5-10,14H,1-4H3,(H,22,24)(H,23,26)/t14-/m1/s1. The van der Waals surface area contributed by atoms with Gasteiger partial charge in [-0.25, -0.2) is 4.39 Å². The number of carbonyl (C=O) groups excluding carboxylic acids is 1. The first-order valence-electron chi connectivity index (χ1n) is 8.73. The quantitative estimate of drug-likeness (QED) is 0.522. The SMILES string of the molecule is Cc1cc(C)c(NC(=O)[C@@H](C)Sc2nnc(Nc3cccc(F)c3)s2)c(C)c1. The summed E-state index contributed by atoms with van der Waals surface area (Å²) < 4.78 is 13.9. The third-order valence-electron chi connectivity index (χ3n) is 4.05. The Kier molecular flexibility index (Phi) is 6.31. The average molecular weight is 417 g/mol. The lowest BCUT2D eigenvalue weighted by Crippen LogP contribution is -2.23. The van der Waals surface area contributed by atoms with Crippen molar-refractivity contribution in [2.24, 2.45) is 0 Å². The molecular formula is C20H21FN4OS2. The second-order valence-corrected chi connectivity index (χ2v) is 9.10. The Morgan fingerprint density at radius 3 is 2.54 bits per heavy atom. The molecule has 0 fully saturated rings. The molecular weight excluding hydrogens is 395 g/mol. The van der Waals surface area contributed by atoms with Crippen LogP contribution in [0.2, 0.25) is 0 Å². The molecule has 146 valence electrons. The number of aromatic nitrogens is 2. The molecule has 5 nitrogen and oxygen atoms in total. The normalized spacial score (nSPS) is 11.9. The highest BCUT2D eigenvalue weighted by Gasteiger charge is 2.19. The van der Waals surface area contributed by atoms with E-state index in [2.05, 4.69) is 33.0 Å². The van der Waals surface area contributed by atoms with Crippen LogP contribution in [-0.2, 0) is 4.79 Å². The van der Waals surface area contributed by atoms with E-state index in [1.54, 1.807) is 12.1 Å². The van der Waals surface area contributed by atoms with Gasteiger partial charge in [0, 0.05) is 11.4 Å². The van der Waals surface area contributed by atoms with E-state index in [4.69, 9.17) is 0 Å². The molecule has 0 saturated carbocycles. The summed E-state index contributed by atoms with van der Waals surface area (Å²) in [5.41, 5.74) is 4.71. The predicted octanol–water partition coefficient (Wildman–Crippen LogP) is 5.47. The highest BCUT2D eigenvalue weighted by molar-refractivity contribution is 8.02. The van der Waals surface area contributed by atoms with E-state index in [9.17, 15) is 9.18 Å². The molecule has 0 saturated heterocycles. The lowest BCUT2D eigenvalue weighted by molar-refractivity contribution is -0.115. The number of hydrogen-bond acceptors (Lipinski definition) is 6. The number of hydrogen-bond donors (Lipinski definition) is 2. The van der Waals surface area contributed by atoms with Crippen LogP contribution in [0.25, 0.3) is 0 Å². The van der Waals surface area contributed by atoms with Gasteiger partial charge in [-0.2, -0.15) is 0 Å². The van der Waals surface area contributed by atoms with Crippen molar-refractivity contribution >= 4 is 45.5 Å². The minimum Gasteiger partial charge on any atom is -0.330 e. The fourth-order valence-electron chi connectivity index (χ4n) is 2.80. The second kappa shape index (κ2) is 8.70. The summed E-state index contributed by atoms with van der Waals surface area (Å²) in [5, 5.41) is 14.4. The summed E-state index contributed by atoms with van der Waals surface area (Å²) in [6.07, 6.45) is 0. The molecule has 0 unspecified atom stereocenters. The number of amides is 1. The molecule has 1 amide bonds. The third kappa shape index (κ3) is 5.08. The van der Waals surface area contributed by atoms with E-state index in [1.807, 2.05) is 27.7 Å². The van der Waals surface area contributed by atoms with Gasteiger partial charge in [0.15, 0.2) is 4.34 Å². The zero-order valence-electron chi connectivity index (χ0n) is 16.0. The molecule has 2 N–H and O–H groups in total. The Morgan fingerprint density at radius 2 is 1.86 bits per heavy atom. The number of thioether (sulfide) groups is 1. The Balaban J connectivity index is 1.62. The van der Waals surface area contributed by atoms with Crippen LogP contribution in [0.4, 0.5) is 20.9 Å². The van der Waals surface area contributed by atoms with E-state index in [0.29, 0.717) is 15.2 Å². The van der Waals surface area contributed by atoms with Gasteiger partial charge >= 0.3 is 0 Å². The first-order valence-corrected chi connectivity index (χ1v) is 10.4. The molecule has 0 aliphatic heterocycles. The topological polar surface area (TPSA) is 66.9 Å². The van der Waals surface area contributed by atoms with Crippen molar-refractivity contribution in [2.45, 2.75) is 37.3 Å². The van der Waals surface area contributed by atoms with Gasteiger partial charge in [0.2, 0.25) is 11.0 Å². The van der Waals surface area contributed by atoms with Crippen LogP contribution in [0.1, 0.15) is 23.6 Å². The third-order valence-corrected chi connectivity index (χ3v) is 6.08. The van der Waals surface area contributed by atoms with Gasteiger partial charge in [-0.1, -0.05) is 46.9 Å². The summed E-state index contributed by atoms with van der Waals surface area (Å²) >= 11 is 2.66. The molecule has 3 rings (SSSR count). The summed E-state index contributed by atoms with van der Waals surface area (Å²) in [5.74, 6) is -0.411. The summed E-state index contributed by atoms with van der Waals surface area (Å²) in [6, 6.07) is 10.2. The van der Waals surface area contributed by atoms with E-state index < -0.39 is 0 Å². The molecule has 1 heterocycles. The van der Waals surface area contributed by atoms with Crippen LogP contribution in [0.5, 0.6) is 0 Å². The molecule has 0 aliphatic carbocycles. The smallest absolute Gasteiger partial charge is 0.237 e. The van der Waals surface area contributed by atoms with Gasteiger partial charge in [0.1, 0.15) is 5.82 Å². The van der Waals surface area contributed by atoms with Crippen molar-refractivity contribution in [1.82, 2.24) is 10.2 Å². The van der Waals surface area contributed by atoms with Gasteiger partial charge in [0.25, 0.3) is 0 Å². The molecule has 1 atom stereocenters. The Morgan fingerprint density at radius 1 is 1.14 bits per heavy atom. The van der Waals surface area contributed by atoms with Crippen molar-refractivity contribution in [3.8, 4) is 0 Å². The molecule has 0 bridgehead atoms. The van der Waals surface area contributed by atoms with Gasteiger partial charge in [0.05, 0.1) is 5.25 Å². The molecule has 1 aromatic heterocycles. The maximum atomic E-state index is 13.3. The van der Waals surface area contributed by atoms with Crippen LogP contribution < -0.4 is 10.6 Å². The number of rotatable bonds is 6. The molecule has 3 aromatic rings. The maximum Gasteiger partial charge on any atom is 0.237 e. The van der Waals surface area contributed by atoms with E-state index >= 15 is 0 Å². The van der Waals surface area contributed by atoms with Crippen LogP contribution in [0.3, 0.4) is 0 Å². The Hall–Kier alpha value is -2.45. The van der Waals surface area contributed by atoms with Crippen molar-refractivity contribution in [3.05, 3.63) is 58.9 Å². The van der Waals surface area contributed by atoms with Crippen LogP contribution in [0, 0.1) is 26.6 Å². The van der Waals surface area contributed by atoms with Gasteiger partial charge in [-0.15, -0.1) is 10.2 Å². The first kappa shape index (κ1) is 20.3. The van der Waals surface area contributed by atoms with Crippen LogP contribution >= 0.6 is 23.1 Å². The Labute approximate surface area is 171 Å². The first-order chi connectivity index (χ1) is 13.3. The number of anilines is 3. The maximum absolute atomic E-state index is 13.3. The molecule has 28 heavy (non-hydrogen) atoms. The zero-order valence-corrected chi connectivity index (χ0v) is 17.7. The fourth-order valence-corrected chi connectivity index (χ4v) is 4.72. The van der Waals surface area contributed by atoms with E-state index in [1.165, 1.54) is 40.8 Å². The summed E-state index contributed by atoms with van der Waals surface area (Å²) in [6.45, 7) is 7.85.